The van der Waals surface area contributed by atoms with Crippen LogP contribution in [0, 0.1) is 0 Å². The van der Waals surface area contributed by atoms with Crippen LogP contribution in [0.3, 0.4) is 0 Å². The average molecular weight is 427 g/mol. The van der Waals surface area contributed by atoms with E-state index in [1.165, 1.54) is 35.5 Å². The van der Waals surface area contributed by atoms with Crippen molar-refractivity contribution < 1.29 is 38.8 Å². The monoisotopic (exact) mass is 426 g/mol. The molecule has 0 N–H and O–H groups in total. The van der Waals surface area contributed by atoms with Gasteiger partial charge in [-0.2, -0.15) is 0 Å². The Morgan fingerprint density at radius 2 is 0.619 bits per heavy atom. The van der Waals surface area contributed by atoms with Crippen LogP contribution in [0.4, 0.5) is 0 Å². The maximum atomic E-state index is 5.55. The summed E-state index contributed by atoms with van der Waals surface area (Å²) >= 11 is -5.51. The van der Waals surface area contributed by atoms with Crippen molar-refractivity contribution in [3.63, 3.8) is 0 Å². The van der Waals surface area contributed by atoms with Crippen molar-refractivity contribution in [2.75, 3.05) is 69.5 Å². The molecule has 0 unspecified atom stereocenters. The van der Waals surface area contributed by atoms with Crippen molar-refractivity contribution in [1.29, 1.82) is 0 Å². The molecule has 0 saturated heterocycles. The summed E-state index contributed by atoms with van der Waals surface area (Å²) in [6.45, 7) is -0.960. The first-order valence-corrected chi connectivity index (χ1v) is 11.1. The Labute approximate surface area is 128 Å². The standard InChI is InChI=1S/5C2H5O2.Sb/c5*1-4-2-3;/h5*2H2,1H3;/q5*-1;+5. The Hall–Kier alpha value is 0.418. The van der Waals surface area contributed by atoms with Crippen LogP contribution in [0.2, 0.25) is 0 Å². The Balaban J connectivity index is 5.33. The van der Waals surface area contributed by atoms with Crippen LogP contribution in [0.25, 0.3) is 0 Å². The maximum absolute atomic E-state index is 5.55. The average Bonchev–Trinajstić information content (AvgIpc) is 2.53. The molecule has 0 aromatic carbocycles. The summed E-state index contributed by atoms with van der Waals surface area (Å²) in [6.07, 6.45) is 0. The molecule has 0 atom stereocenters. The fourth-order valence-corrected chi connectivity index (χ4v) is 7.15. The van der Waals surface area contributed by atoms with E-state index in [-0.39, 0.29) is 34.0 Å². The van der Waals surface area contributed by atoms with Gasteiger partial charge in [-0.05, 0) is 0 Å². The number of hydrogen-bond acceptors (Lipinski definition) is 10. The zero-order chi connectivity index (χ0) is 16.1. The first-order chi connectivity index (χ1) is 10.1. The quantitative estimate of drug-likeness (QED) is 0.262. The molecule has 0 rings (SSSR count). The third-order valence-corrected chi connectivity index (χ3v) is 9.43. The van der Waals surface area contributed by atoms with Crippen LogP contribution in [-0.2, 0) is 38.8 Å². The van der Waals surface area contributed by atoms with Crippen LogP contribution in [-0.4, -0.2) is 89.0 Å². The van der Waals surface area contributed by atoms with E-state index in [0.717, 1.165) is 0 Å². The molecule has 0 aromatic heterocycles. The summed E-state index contributed by atoms with van der Waals surface area (Å²) in [6, 6.07) is 0. The molecule has 0 aromatic rings. The van der Waals surface area contributed by atoms with Crippen molar-refractivity contribution in [2.24, 2.45) is 0 Å². The van der Waals surface area contributed by atoms with Gasteiger partial charge in [0.1, 0.15) is 0 Å². The van der Waals surface area contributed by atoms with Crippen molar-refractivity contribution in [3.8, 4) is 0 Å². The first kappa shape index (κ1) is 21.4. The molecular formula is C10H25O10Sb. The van der Waals surface area contributed by atoms with Gasteiger partial charge in [-0.25, -0.2) is 0 Å². The van der Waals surface area contributed by atoms with Gasteiger partial charge in [0.15, 0.2) is 0 Å². The summed E-state index contributed by atoms with van der Waals surface area (Å²) in [7, 11) is 7.16. The van der Waals surface area contributed by atoms with E-state index < -0.39 is 19.5 Å². The van der Waals surface area contributed by atoms with Crippen LogP contribution in [0.1, 0.15) is 0 Å². The molecule has 0 bridgehead atoms. The second kappa shape index (κ2) is 11.9. The van der Waals surface area contributed by atoms with Gasteiger partial charge < -0.3 is 0 Å². The van der Waals surface area contributed by atoms with Gasteiger partial charge in [0.05, 0.1) is 0 Å². The van der Waals surface area contributed by atoms with Crippen molar-refractivity contribution in [3.05, 3.63) is 0 Å². The Morgan fingerprint density at radius 1 is 0.429 bits per heavy atom. The second-order valence-electron chi connectivity index (χ2n) is 3.42. The summed E-state index contributed by atoms with van der Waals surface area (Å²) < 4.78 is 52.2. The van der Waals surface area contributed by atoms with Crippen LogP contribution >= 0.6 is 0 Å². The molecule has 0 fully saturated rings. The molecule has 0 aliphatic rings. The van der Waals surface area contributed by atoms with Crippen LogP contribution in [0.5, 0.6) is 0 Å². The summed E-state index contributed by atoms with van der Waals surface area (Å²) in [5.74, 6) is 0. The SMILES string of the molecule is COC[O][Sb]([O]COC)([O]COC)([O]COC)[O]COC. The zero-order valence-corrected chi connectivity index (χ0v) is 15.6. The zero-order valence-electron chi connectivity index (χ0n) is 13.1. The van der Waals surface area contributed by atoms with Crippen molar-refractivity contribution >= 4 is 19.5 Å². The molecular weight excluding hydrogens is 402 g/mol. The molecule has 0 amide bonds. The first-order valence-electron chi connectivity index (χ1n) is 5.84. The van der Waals surface area contributed by atoms with Gasteiger partial charge in [0, 0.05) is 0 Å². The third kappa shape index (κ3) is 7.49. The molecule has 0 radical (unpaired) electrons. The van der Waals surface area contributed by atoms with E-state index >= 15 is 0 Å². The van der Waals surface area contributed by atoms with Gasteiger partial charge in [0.2, 0.25) is 0 Å². The number of hydrogen-bond donors (Lipinski definition) is 0. The number of rotatable bonds is 15. The fraction of sp³-hybridized carbons (Fsp3) is 1.00. The fourth-order valence-electron chi connectivity index (χ4n) is 1.07. The molecule has 10 nitrogen and oxygen atoms in total. The van der Waals surface area contributed by atoms with Gasteiger partial charge in [-0.3, -0.25) is 0 Å². The van der Waals surface area contributed by atoms with E-state index in [9.17, 15) is 0 Å². The number of methoxy groups -OCH3 is 5. The van der Waals surface area contributed by atoms with Gasteiger partial charge in [-0.15, -0.1) is 0 Å². The topological polar surface area (TPSA) is 92.3 Å². The van der Waals surface area contributed by atoms with Crippen molar-refractivity contribution in [2.45, 2.75) is 0 Å². The van der Waals surface area contributed by atoms with Crippen LogP contribution < -0.4 is 0 Å². The van der Waals surface area contributed by atoms with E-state index in [4.69, 9.17) is 38.8 Å². The Kier molecular flexibility index (Phi) is 12.2. The predicted octanol–water partition coefficient (Wildman–Crippen LogP) is -0.0248. The van der Waals surface area contributed by atoms with E-state index in [1.807, 2.05) is 0 Å². The third-order valence-electron chi connectivity index (χ3n) is 1.91. The summed E-state index contributed by atoms with van der Waals surface area (Å²) in [5, 5.41) is 0. The molecule has 21 heavy (non-hydrogen) atoms. The second-order valence-corrected chi connectivity index (χ2v) is 11.4. The summed E-state index contributed by atoms with van der Waals surface area (Å²) in [4.78, 5) is 0. The number of ether oxygens (including phenoxy) is 5. The molecule has 0 spiro atoms. The van der Waals surface area contributed by atoms with E-state index in [2.05, 4.69) is 0 Å². The molecule has 0 aliphatic carbocycles. The molecule has 11 heteroatoms. The minimum atomic E-state index is -5.51. The van der Waals surface area contributed by atoms with E-state index in [1.54, 1.807) is 0 Å². The van der Waals surface area contributed by atoms with Gasteiger partial charge >= 0.3 is 128 Å². The normalized spacial score (nSPS) is 14.0. The molecule has 0 saturated carbocycles. The minimum absolute atomic E-state index is 0.192. The van der Waals surface area contributed by atoms with Crippen molar-refractivity contribution in [1.82, 2.24) is 0 Å². The molecule has 130 valence electrons. The van der Waals surface area contributed by atoms with Crippen LogP contribution in [0.15, 0.2) is 0 Å². The van der Waals surface area contributed by atoms with Gasteiger partial charge in [0.25, 0.3) is 0 Å². The Morgan fingerprint density at radius 3 is 0.762 bits per heavy atom. The predicted molar refractivity (Wildman–Crippen MR) is 70.6 cm³/mol. The Bertz CT molecular complexity index is 190. The van der Waals surface area contributed by atoms with Gasteiger partial charge in [-0.1, -0.05) is 0 Å². The molecule has 0 heterocycles. The summed E-state index contributed by atoms with van der Waals surface area (Å²) in [5.41, 5.74) is 0. The van der Waals surface area contributed by atoms with E-state index in [0.29, 0.717) is 0 Å². The molecule has 0 aliphatic heterocycles.